The molecule has 1 aliphatic carbocycles. The van der Waals surface area contributed by atoms with Gasteiger partial charge in [0.25, 0.3) is 0 Å². The van der Waals surface area contributed by atoms with E-state index in [4.69, 9.17) is 21.1 Å². The lowest BCUT2D eigenvalue weighted by Gasteiger charge is -2.23. The highest BCUT2D eigenvalue weighted by Gasteiger charge is 2.37. The summed E-state index contributed by atoms with van der Waals surface area (Å²) in [6, 6.07) is 0. The predicted molar refractivity (Wildman–Crippen MR) is 84.0 cm³/mol. The van der Waals surface area contributed by atoms with Crippen molar-refractivity contribution in [2.45, 2.75) is 45.1 Å². The van der Waals surface area contributed by atoms with E-state index in [1.807, 2.05) is 6.08 Å². The first-order chi connectivity index (χ1) is 11.3. The average Bonchev–Trinajstić information content (AvgIpc) is 2.52. The molecule has 1 aromatic rings. The normalized spacial score (nSPS) is 17.3. The van der Waals surface area contributed by atoms with Crippen molar-refractivity contribution in [2.24, 2.45) is 0 Å². The molecule has 0 saturated heterocycles. The largest absolute Gasteiger partial charge is 0.471 e. The van der Waals surface area contributed by atoms with Crippen LogP contribution in [0.2, 0.25) is 5.28 Å². The Kier molecular flexibility index (Phi) is 6.23. The number of hydrogen-bond acceptors (Lipinski definition) is 4. The van der Waals surface area contributed by atoms with Crippen molar-refractivity contribution in [1.82, 2.24) is 9.97 Å². The van der Waals surface area contributed by atoms with Crippen molar-refractivity contribution in [3.63, 3.8) is 0 Å². The standard InChI is InChI=1S/C16H18ClF3N2O2/c1-10(23-9-12-6-4-3-5-7-12)11(2)24-14-13(16(18,19)20)8-21-15(17)22-14/h4,6-8,10-11H,3,5,9H2,1-2H3/t10-,11-/m1/s1. The van der Waals surface area contributed by atoms with Crippen LogP contribution in [-0.4, -0.2) is 28.8 Å². The van der Waals surface area contributed by atoms with Crippen LogP contribution in [0.25, 0.3) is 0 Å². The first-order valence-electron chi connectivity index (χ1n) is 7.51. The molecular weight excluding hydrogens is 345 g/mol. The van der Waals surface area contributed by atoms with Crippen molar-refractivity contribution >= 4 is 11.6 Å². The van der Waals surface area contributed by atoms with Crippen molar-refractivity contribution in [2.75, 3.05) is 6.61 Å². The van der Waals surface area contributed by atoms with Gasteiger partial charge < -0.3 is 9.47 Å². The molecule has 2 atom stereocenters. The van der Waals surface area contributed by atoms with Gasteiger partial charge in [0, 0.05) is 6.20 Å². The van der Waals surface area contributed by atoms with Crippen molar-refractivity contribution in [1.29, 1.82) is 0 Å². The van der Waals surface area contributed by atoms with Crippen molar-refractivity contribution in [3.05, 3.63) is 40.8 Å². The van der Waals surface area contributed by atoms with Crippen molar-refractivity contribution < 1.29 is 22.6 Å². The molecule has 1 aromatic heterocycles. The van der Waals surface area contributed by atoms with Gasteiger partial charge in [-0.25, -0.2) is 4.98 Å². The fourth-order valence-corrected chi connectivity index (χ4v) is 2.17. The molecule has 24 heavy (non-hydrogen) atoms. The highest BCUT2D eigenvalue weighted by molar-refractivity contribution is 6.28. The Morgan fingerprint density at radius 3 is 2.62 bits per heavy atom. The fourth-order valence-electron chi connectivity index (χ4n) is 2.04. The van der Waals surface area contributed by atoms with Gasteiger partial charge in [0.05, 0.1) is 12.7 Å². The van der Waals surface area contributed by atoms with Gasteiger partial charge in [-0.15, -0.1) is 0 Å². The Bertz CT molecular complexity index is 632. The second kappa shape index (κ2) is 7.98. The van der Waals surface area contributed by atoms with Gasteiger partial charge in [-0.3, -0.25) is 0 Å². The molecule has 0 N–H and O–H groups in total. The van der Waals surface area contributed by atoms with Gasteiger partial charge in [-0.1, -0.05) is 18.2 Å². The lowest BCUT2D eigenvalue weighted by atomic mass is 10.1. The Hall–Kier alpha value is -1.60. The highest BCUT2D eigenvalue weighted by Crippen LogP contribution is 2.35. The number of aromatic nitrogens is 2. The molecule has 0 spiro atoms. The van der Waals surface area contributed by atoms with Crippen LogP contribution in [0.15, 0.2) is 30.0 Å². The number of rotatable bonds is 6. The zero-order chi connectivity index (χ0) is 17.7. The smallest absolute Gasteiger partial charge is 0.423 e. The van der Waals surface area contributed by atoms with Gasteiger partial charge >= 0.3 is 6.18 Å². The molecule has 0 saturated carbocycles. The molecular formula is C16H18ClF3N2O2. The molecule has 8 heteroatoms. The summed E-state index contributed by atoms with van der Waals surface area (Å²) < 4.78 is 49.9. The second-order valence-electron chi connectivity index (χ2n) is 5.45. The van der Waals surface area contributed by atoms with E-state index < -0.39 is 29.8 Å². The van der Waals surface area contributed by atoms with E-state index >= 15 is 0 Å². The molecule has 0 aromatic carbocycles. The Morgan fingerprint density at radius 2 is 2.00 bits per heavy atom. The van der Waals surface area contributed by atoms with Crippen molar-refractivity contribution in [3.8, 4) is 5.88 Å². The highest BCUT2D eigenvalue weighted by atomic mass is 35.5. The van der Waals surface area contributed by atoms with Gasteiger partial charge in [-0.05, 0) is 43.9 Å². The molecule has 0 bridgehead atoms. The minimum Gasteiger partial charge on any atom is -0.471 e. The summed E-state index contributed by atoms with van der Waals surface area (Å²) in [5.41, 5.74) is -0.0229. The monoisotopic (exact) mass is 362 g/mol. The zero-order valence-electron chi connectivity index (χ0n) is 13.3. The summed E-state index contributed by atoms with van der Waals surface area (Å²) >= 11 is 5.58. The first-order valence-corrected chi connectivity index (χ1v) is 7.88. The quantitative estimate of drug-likeness (QED) is 0.694. The first kappa shape index (κ1) is 18.7. The van der Waals surface area contributed by atoms with E-state index in [-0.39, 0.29) is 5.28 Å². The molecule has 0 amide bonds. The lowest BCUT2D eigenvalue weighted by Crippen LogP contribution is -2.30. The van der Waals surface area contributed by atoms with E-state index in [1.54, 1.807) is 13.8 Å². The molecule has 4 nitrogen and oxygen atoms in total. The van der Waals surface area contributed by atoms with E-state index in [0.717, 1.165) is 18.4 Å². The number of nitrogens with zero attached hydrogens (tertiary/aromatic N) is 2. The third-order valence-electron chi connectivity index (χ3n) is 3.57. The Morgan fingerprint density at radius 1 is 1.25 bits per heavy atom. The number of hydrogen-bond donors (Lipinski definition) is 0. The molecule has 1 heterocycles. The fraction of sp³-hybridized carbons (Fsp3) is 0.500. The van der Waals surface area contributed by atoms with Gasteiger partial charge in [-0.2, -0.15) is 18.2 Å². The Balaban J connectivity index is 2.00. The van der Waals surface area contributed by atoms with Crippen LogP contribution in [0.4, 0.5) is 13.2 Å². The average molecular weight is 363 g/mol. The van der Waals surface area contributed by atoms with Crippen LogP contribution in [-0.2, 0) is 10.9 Å². The second-order valence-corrected chi connectivity index (χ2v) is 5.79. The summed E-state index contributed by atoms with van der Waals surface area (Å²) in [5.74, 6) is -0.595. The summed E-state index contributed by atoms with van der Waals surface area (Å²) in [4.78, 5) is 6.91. The maximum atomic E-state index is 13.0. The van der Waals surface area contributed by atoms with Crippen LogP contribution in [0.1, 0.15) is 32.3 Å². The van der Waals surface area contributed by atoms with E-state index in [9.17, 15) is 13.2 Å². The topological polar surface area (TPSA) is 44.2 Å². The van der Waals surface area contributed by atoms with Crippen LogP contribution in [0.3, 0.4) is 0 Å². The summed E-state index contributed by atoms with van der Waals surface area (Å²) in [6.07, 6.45) is 2.99. The maximum Gasteiger partial charge on any atom is 0.423 e. The Labute approximate surface area is 143 Å². The van der Waals surface area contributed by atoms with E-state index in [2.05, 4.69) is 22.1 Å². The van der Waals surface area contributed by atoms with Crippen LogP contribution >= 0.6 is 11.6 Å². The minimum atomic E-state index is -4.62. The SMILES string of the molecule is C[C@@H](OCC1=CCCC=C1)[C@@H](C)Oc1nc(Cl)ncc1C(F)(F)F. The number of ether oxygens (including phenoxy) is 2. The number of halogens is 4. The predicted octanol–water partition coefficient (Wildman–Crippen LogP) is 4.60. The van der Waals surface area contributed by atoms with E-state index in [1.165, 1.54) is 0 Å². The summed E-state index contributed by atoms with van der Waals surface area (Å²) in [5, 5.41) is -0.309. The lowest BCUT2D eigenvalue weighted by molar-refractivity contribution is -0.140. The third kappa shape index (κ3) is 5.21. The molecule has 2 rings (SSSR count). The number of allylic oxidation sites excluding steroid dienone is 2. The van der Waals surface area contributed by atoms with E-state index in [0.29, 0.717) is 12.8 Å². The molecule has 0 fully saturated rings. The molecule has 0 radical (unpaired) electrons. The maximum absolute atomic E-state index is 13.0. The zero-order valence-corrected chi connectivity index (χ0v) is 14.1. The van der Waals surface area contributed by atoms with Crippen LogP contribution in [0.5, 0.6) is 5.88 Å². The van der Waals surface area contributed by atoms with Gasteiger partial charge in [0.15, 0.2) is 0 Å². The summed E-state index contributed by atoms with van der Waals surface area (Å²) in [7, 11) is 0. The van der Waals surface area contributed by atoms with Gasteiger partial charge in [0.2, 0.25) is 11.2 Å². The van der Waals surface area contributed by atoms with Crippen LogP contribution < -0.4 is 4.74 Å². The molecule has 0 unspecified atom stereocenters. The number of alkyl halides is 3. The third-order valence-corrected chi connectivity index (χ3v) is 3.76. The molecule has 132 valence electrons. The molecule has 0 aliphatic heterocycles. The molecule has 1 aliphatic rings. The van der Waals surface area contributed by atoms with Gasteiger partial charge in [0.1, 0.15) is 11.7 Å². The van der Waals surface area contributed by atoms with Crippen LogP contribution in [0, 0.1) is 0 Å². The summed E-state index contributed by atoms with van der Waals surface area (Å²) in [6.45, 7) is 3.72. The minimum absolute atomic E-state index is 0.309.